The van der Waals surface area contributed by atoms with E-state index in [-0.39, 0.29) is 0 Å². The molecule has 2 rings (SSSR count). The Balaban J connectivity index is 2.14. The zero-order valence-corrected chi connectivity index (χ0v) is 11.9. The summed E-state index contributed by atoms with van der Waals surface area (Å²) in [7, 11) is 0. The lowest BCUT2D eigenvalue weighted by molar-refractivity contribution is 0.530. The Labute approximate surface area is 111 Å². The van der Waals surface area contributed by atoms with E-state index in [4.69, 9.17) is 0 Å². The Bertz CT molecular complexity index is 467. The summed E-state index contributed by atoms with van der Waals surface area (Å²) in [5.41, 5.74) is 1.31. The van der Waals surface area contributed by atoms with Gasteiger partial charge in [-0.1, -0.05) is 37.3 Å². The van der Waals surface area contributed by atoms with Gasteiger partial charge in [-0.15, -0.1) is 5.10 Å². The van der Waals surface area contributed by atoms with Crippen molar-refractivity contribution in [3.05, 3.63) is 45.4 Å². The van der Waals surface area contributed by atoms with Gasteiger partial charge in [-0.2, -0.15) is 4.98 Å². The zero-order chi connectivity index (χ0) is 11.5. The molecule has 1 unspecified atom stereocenters. The molecule has 84 valence electrons. The first-order chi connectivity index (χ1) is 7.66. The maximum atomic E-state index is 4.25. The average Bonchev–Trinajstić information content (AvgIpc) is 2.59. The molecule has 0 aliphatic carbocycles. The van der Waals surface area contributed by atoms with Crippen LogP contribution in [0.2, 0.25) is 0 Å². The summed E-state index contributed by atoms with van der Waals surface area (Å²) in [6.07, 6.45) is 0. The highest BCUT2D eigenvalue weighted by atomic mass is 79.9. The predicted octanol–water partition coefficient (Wildman–Crippen LogP) is 3.61. The van der Waals surface area contributed by atoms with E-state index in [0.717, 1.165) is 11.3 Å². The van der Waals surface area contributed by atoms with Crippen LogP contribution in [0.15, 0.2) is 39.8 Å². The molecule has 1 aromatic heterocycles. The first-order valence-corrected chi connectivity index (χ1v) is 6.56. The fraction of sp³-hybridized carbons (Fsp3) is 0.273. The van der Waals surface area contributed by atoms with Gasteiger partial charge in [0.25, 0.3) is 0 Å². The number of nitrogens with zero attached hydrogens (tertiary/aromatic N) is 3. The number of benzene rings is 1. The molecule has 0 amide bonds. The van der Waals surface area contributed by atoms with Crippen LogP contribution in [-0.4, -0.2) is 14.8 Å². The Morgan fingerprint density at radius 3 is 2.50 bits per heavy atom. The molecule has 0 saturated carbocycles. The normalized spacial score (nSPS) is 12.7. The van der Waals surface area contributed by atoms with Crippen molar-refractivity contribution in [2.75, 3.05) is 0 Å². The Kier molecular flexibility index (Phi) is 3.76. The molecule has 1 aromatic carbocycles. The standard InChI is InChI=1S/C11H11Br2N3/c1-8(9-5-3-2-4-6-9)7-16-11(13)14-10(12)15-16/h2-6,8H,7H2,1H3. The summed E-state index contributed by atoms with van der Waals surface area (Å²) in [4.78, 5) is 4.14. The maximum absolute atomic E-state index is 4.25. The molecular weight excluding hydrogens is 334 g/mol. The molecule has 0 N–H and O–H groups in total. The molecule has 1 heterocycles. The van der Waals surface area contributed by atoms with E-state index in [1.165, 1.54) is 5.56 Å². The first-order valence-electron chi connectivity index (χ1n) is 4.97. The third-order valence-electron chi connectivity index (χ3n) is 2.42. The van der Waals surface area contributed by atoms with E-state index in [1.807, 2.05) is 10.7 Å². The topological polar surface area (TPSA) is 30.7 Å². The highest BCUT2D eigenvalue weighted by Crippen LogP contribution is 2.19. The first kappa shape index (κ1) is 11.8. The summed E-state index contributed by atoms with van der Waals surface area (Å²) in [5, 5.41) is 4.25. The smallest absolute Gasteiger partial charge is 0.218 e. The largest absolute Gasteiger partial charge is 0.239 e. The molecule has 0 bridgehead atoms. The van der Waals surface area contributed by atoms with E-state index in [0.29, 0.717) is 10.7 Å². The maximum Gasteiger partial charge on any atom is 0.218 e. The molecule has 0 fully saturated rings. The minimum absolute atomic E-state index is 0.408. The summed E-state index contributed by atoms with van der Waals surface area (Å²) >= 11 is 6.63. The highest BCUT2D eigenvalue weighted by molar-refractivity contribution is 9.11. The molecule has 5 heteroatoms. The van der Waals surface area contributed by atoms with Gasteiger partial charge in [-0.25, -0.2) is 4.68 Å². The van der Waals surface area contributed by atoms with E-state index < -0.39 is 0 Å². The van der Waals surface area contributed by atoms with Crippen molar-refractivity contribution >= 4 is 31.9 Å². The van der Waals surface area contributed by atoms with Crippen LogP contribution in [0.25, 0.3) is 0 Å². The van der Waals surface area contributed by atoms with Gasteiger partial charge in [-0.05, 0) is 37.4 Å². The lowest BCUT2D eigenvalue weighted by atomic mass is 10.0. The Morgan fingerprint density at radius 2 is 1.94 bits per heavy atom. The van der Waals surface area contributed by atoms with Crippen molar-refractivity contribution in [2.45, 2.75) is 19.4 Å². The van der Waals surface area contributed by atoms with Gasteiger partial charge in [0.05, 0.1) is 6.54 Å². The third kappa shape index (κ3) is 2.71. The molecule has 0 spiro atoms. The number of halogens is 2. The number of aromatic nitrogens is 3. The van der Waals surface area contributed by atoms with E-state index in [9.17, 15) is 0 Å². The van der Waals surface area contributed by atoms with Crippen LogP contribution in [0.1, 0.15) is 18.4 Å². The molecule has 1 atom stereocenters. The Morgan fingerprint density at radius 1 is 1.25 bits per heavy atom. The molecule has 2 aromatic rings. The second-order valence-corrected chi connectivity index (χ2v) is 5.06. The molecule has 3 nitrogen and oxygen atoms in total. The third-order valence-corrected chi connectivity index (χ3v) is 3.34. The summed E-state index contributed by atoms with van der Waals surface area (Å²) < 4.78 is 3.21. The van der Waals surface area contributed by atoms with E-state index in [1.54, 1.807) is 0 Å². The molecule has 0 aliphatic heterocycles. The lowest BCUT2D eigenvalue weighted by Gasteiger charge is -2.11. The van der Waals surface area contributed by atoms with Gasteiger partial charge < -0.3 is 0 Å². The fourth-order valence-corrected chi connectivity index (χ4v) is 2.55. The van der Waals surface area contributed by atoms with Gasteiger partial charge in [-0.3, -0.25) is 0 Å². The van der Waals surface area contributed by atoms with Gasteiger partial charge in [0.1, 0.15) is 0 Å². The van der Waals surface area contributed by atoms with Crippen molar-refractivity contribution in [1.29, 1.82) is 0 Å². The zero-order valence-electron chi connectivity index (χ0n) is 8.77. The van der Waals surface area contributed by atoms with Crippen molar-refractivity contribution in [1.82, 2.24) is 14.8 Å². The van der Waals surface area contributed by atoms with E-state index in [2.05, 4.69) is 73.1 Å². The van der Waals surface area contributed by atoms with Crippen LogP contribution in [0.3, 0.4) is 0 Å². The molecule has 16 heavy (non-hydrogen) atoms. The van der Waals surface area contributed by atoms with Crippen LogP contribution >= 0.6 is 31.9 Å². The molecular formula is C11H11Br2N3. The quantitative estimate of drug-likeness (QED) is 0.851. The second-order valence-electron chi connectivity index (χ2n) is 3.64. The van der Waals surface area contributed by atoms with Crippen LogP contribution in [-0.2, 0) is 6.54 Å². The van der Waals surface area contributed by atoms with Crippen LogP contribution in [0.4, 0.5) is 0 Å². The van der Waals surface area contributed by atoms with E-state index >= 15 is 0 Å². The van der Waals surface area contributed by atoms with Gasteiger partial charge >= 0.3 is 0 Å². The summed E-state index contributed by atoms with van der Waals surface area (Å²) in [5.74, 6) is 0.408. The number of rotatable bonds is 3. The Hall–Kier alpha value is -0.680. The van der Waals surface area contributed by atoms with Gasteiger partial charge in [0.15, 0.2) is 4.73 Å². The van der Waals surface area contributed by atoms with Crippen LogP contribution in [0, 0.1) is 0 Å². The number of hydrogen-bond donors (Lipinski definition) is 0. The van der Waals surface area contributed by atoms with Crippen molar-refractivity contribution in [3.63, 3.8) is 0 Å². The van der Waals surface area contributed by atoms with Gasteiger partial charge in [0.2, 0.25) is 4.73 Å². The van der Waals surface area contributed by atoms with Gasteiger partial charge in [0, 0.05) is 5.92 Å². The minimum atomic E-state index is 0.408. The van der Waals surface area contributed by atoms with Crippen molar-refractivity contribution in [3.8, 4) is 0 Å². The monoisotopic (exact) mass is 343 g/mol. The number of hydrogen-bond acceptors (Lipinski definition) is 2. The summed E-state index contributed by atoms with van der Waals surface area (Å²) in [6.45, 7) is 2.99. The molecule has 0 saturated heterocycles. The van der Waals surface area contributed by atoms with Crippen molar-refractivity contribution < 1.29 is 0 Å². The minimum Gasteiger partial charge on any atom is -0.239 e. The van der Waals surface area contributed by atoms with Crippen LogP contribution in [0.5, 0.6) is 0 Å². The molecule has 0 aliphatic rings. The SMILES string of the molecule is CC(Cn1nc(Br)nc1Br)c1ccccc1. The van der Waals surface area contributed by atoms with Crippen molar-refractivity contribution in [2.24, 2.45) is 0 Å². The highest BCUT2D eigenvalue weighted by Gasteiger charge is 2.10. The second kappa shape index (κ2) is 5.10. The predicted molar refractivity (Wildman–Crippen MR) is 70.3 cm³/mol. The molecule has 0 radical (unpaired) electrons. The van der Waals surface area contributed by atoms with Crippen LogP contribution < -0.4 is 0 Å². The summed E-state index contributed by atoms with van der Waals surface area (Å²) in [6, 6.07) is 10.4. The lowest BCUT2D eigenvalue weighted by Crippen LogP contribution is -2.08. The average molecular weight is 345 g/mol. The fourth-order valence-electron chi connectivity index (χ4n) is 1.56.